The second-order valence-electron chi connectivity index (χ2n) is 5.50. The van der Waals surface area contributed by atoms with E-state index in [0.29, 0.717) is 6.07 Å². The number of aliphatic hydroxyl groups is 1. The molecule has 2 rings (SSSR count). The van der Waals surface area contributed by atoms with Crippen LogP contribution < -0.4 is 4.72 Å². The van der Waals surface area contributed by atoms with Crippen LogP contribution in [-0.4, -0.2) is 26.2 Å². The molecule has 0 bridgehead atoms. The third kappa shape index (κ3) is 3.78. The Kier molecular flexibility index (Phi) is 4.95. The molecule has 1 atom stereocenters. The van der Waals surface area contributed by atoms with E-state index >= 15 is 0 Å². The SMILES string of the molecule is Cc1cc(S(=O)(=O)NCC(O)C2CCCC2)c(F)cc1F. The number of halogens is 2. The summed E-state index contributed by atoms with van der Waals surface area (Å²) >= 11 is 0. The van der Waals surface area contributed by atoms with Gasteiger partial charge in [-0.05, 0) is 37.3 Å². The van der Waals surface area contributed by atoms with Crippen molar-refractivity contribution < 1.29 is 22.3 Å². The highest BCUT2D eigenvalue weighted by molar-refractivity contribution is 7.89. The summed E-state index contributed by atoms with van der Waals surface area (Å²) in [6.07, 6.45) is 3.01. The topological polar surface area (TPSA) is 66.4 Å². The number of benzene rings is 1. The fourth-order valence-electron chi connectivity index (χ4n) is 2.62. The first-order valence-electron chi connectivity index (χ1n) is 6.94. The number of hydrogen-bond acceptors (Lipinski definition) is 3. The van der Waals surface area contributed by atoms with Crippen molar-refractivity contribution in [2.45, 2.75) is 43.6 Å². The molecule has 1 aromatic carbocycles. The van der Waals surface area contributed by atoms with Gasteiger partial charge >= 0.3 is 0 Å². The average Bonchev–Trinajstić information content (AvgIpc) is 2.94. The van der Waals surface area contributed by atoms with Gasteiger partial charge < -0.3 is 5.11 Å². The van der Waals surface area contributed by atoms with Gasteiger partial charge in [0.2, 0.25) is 10.0 Å². The van der Waals surface area contributed by atoms with Crippen molar-refractivity contribution in [1.82, 2.24) is 4.72 Å². The van der Waals surface area contributed by atoms with Crippen LogP contribution in [0.25, 0.3) is 0 Å². The molecule has 7 heteroatoms. The highest BCUT2D eigenvalue weighted by atomic mass is 32.2. The Balaban J connectivity index is 2.09. The summed E-state index contributed by atoms with van der Waals surface area (Å²) in [5.74, 6) is -1.86. The van der Waals surface area contributed by atoms with Crippen molar-refractivity contribution in [3.05, 3.63) is 29.3 Å². The van der Waals surface area contributed by atoms with Crippen molar-refractivity contribution in [3.63, 3.8) is 0 Å². The fraction of sp³-hybridized carbons (Fsp3) is 0.571. The van der Waals surface area contributed by atoms with Crippen LogP contribution in [0.5, 0.6) is 0 Å². The third-order valence-corrected chi connectivity index (χ3v) is 5.37. The fourth-order valence-corrected chi connectivity index (χ4v) is 3.81. The second kappa shape index (κ2) is 6.37. The van der Waals surface area contributed by atoms with Crippen molar-refractivity contribution in [2.24, 2.45) is 5.92 Å². The Morgan fingerprint density at radius 2 is 1.90 bits per heavy atom. The van der Waals surface area contributed by atoms with E-state index in [4.69, 9.17) is 0 Å². The Hall–Kier alpha value is -1.05. The Morgan fingerprint density at radius 1 is 1.29 bits per heavy atom. The van der Waals surface area contributed by atoms with Gasteiger partial charge in [-0.15, -0.1) is 0 Å². The van der Waals surface area contributed by atoms with E-state index in [1.54, 1.807) is 0 Å². The Labute approximate surface area is 123 Å². The first kappa shape index (κ1) is 16.3. The first-order chi connectivity index (χ1) is 9.81. The maximum absolute atomic E-state index is 13.6. The minimum atomic E-state index is -4.11. The average molecular weight is 319 g/mol. The number of aliphatic hydroxyl groups excluding tert-OH is 1. The van der Waals surface area contributed by atoms with Gasteiger partial charge in [0, 0.05) is 12.6 Å². The molecular formula is C14H19F2NO3S. The summed E-state index contributed by atoms with van der Waals surface area (Å²) in [7, 11) is -4.11. The maximum atomic E-state index is 13.6. The lowest BCUT2D eigenvalue weighted by molar-refractivity contribution is 0.115. The maximum Gasteiger partial charge on any atom is 0.243 e. The van der Waals surface area contributed by atoms with Crippen molar-refractivity contribution in [1.29, 1.82) is 0 Å². The lowest BCUT2D eigenvalue weighted by atomic mass is 10.0. The van der Waals surface area contributed by atoms with E-state index in [2.05, 4.69) is 4.72 Å². The van der Waals surface area contributed by atoms with Crippen molar-refractivity contribution in [3.8, 4) is 0 Å². The Bertz CT molecular complexity index is 613. The molecule has 21 heavy (non-hydrogen) atoms. The van der Waals surface area contributed by atoms with Gasteiger partial charge in [-0.1, -0.05) is 12.8 Å². The minimum absolute atomic E-state index is 0.0492. The van der Waals surface area contributed by atoms with Gasteiger partial charge in [0.15, 0.2) is 0 Å². The lowest BCUT2D eigenvalue weighted by Crippen LogP contribution is -2.36. The summed E-state index contributed by atoms with van der Waals surface area (Å²) < 4.78 is 53.1. The largest absolute Gasteiger partial charge is 0.391 e. The van der Waals surface area contributed by atoms with E-state index in [1.807, 2.05) is 0 Å². The van der Waals surface area contributed by atoms with Crippen LogP contribution in [0.3, 0.4) is 0 Å². The van der Waals surface area contributed by atoms with Gasteiger partial charge in [0.25, 0.3) is 0 Å². The van der Waals surface area contributed by atoms with Crippen LogP contribution in [0.4, 0.5) is 8.78 Å². The number of hydrogen-bond donors (Lipinski definition) is 2. The summed E-state index contributed by atoms with van der Waals surface area (Å²) in [5, 5.41) is 9.95. The summed E-state index contributed by atoms with van der Waals surface area (Å²) in [6.45, 7) is 1.20. The van der Waals surface area contributed by atoms with E-state index in [9.17, 15) is 22.3 Å². The molecule has 2 N–H and O–H groups in total. The van der Waals surface area contributed by atoms with Crippen LogP contribution >= 0.6 is 0 Å². The highest BCUT2D eigenvalue weighted by Gasteiger charge is 2.26. The zero-order chi connectivity index (χ0) is 15.6. The van der Waals surface area contributed by atoms with Gasteiger partial charge in [-0.2, -0.15) is 0 Å². The monoisotopic (exact) mass is 319 g/mol. The smallest absolute Gasteiger partial charge is 0.243 e. The summed E-state index contributed by atoms with van der Waals surface area (Å²) in [6, 6.07) is 1.51. The number of aryl methyl sites for hydroxylation is 1. The normalized spacial score (nSPS) is 18.1. The molecule has 1 aliphatic carbocycles. The third-order valence-electron chi connectivity index (χ3n) is 3.93. The van der Waals surface area contributed by atoms with Gasteiger partial charge in [-0.3, -0.25) is 0 Å². The lowest BCUT2D eigenvalue weighted by Gasteiger charge is -2.18. The highest BCUT2D eigenvalue weighted by Crippen LogP contribution is 2.27. The minimum Gasteiger partial charge on any atom is -0.391 e. The molecular weight excluding hydrogens is 300 g/mol. The van der Waals surface area contributed by atoms with E-state index < -0.39 is 32.7 Å². The molecule has 0 aromatic heterocycles. The molecule has 1 fully saturated rings. The van der Waals surface area contributed by atoms with Crippen LogP contribution in [0.15, 0.2) is 17.0 Å². The van der Waals surface area contributed by atoms with Gasteiger partial charge in [-0.25, -0.2) is 21.9 Å². The molecule has 1 aromatic rings. The van der Waals surface area contributed by atoms with Crippen molar-refractivity contribution >= 4 is 10.0 Å². The molecule has 1 saturated carbocycles. The Morgan fingerprint density at radius 3 is 2.52 bits per heavy atom. The number of nitrogens with one attached hydrogen (secondary N) is 1. The second-order valence-corrected chi connectivity index (χ2v) is 7.23. The first-order valence-corrected chi connectivity index (χ1v) is 8.43. The number of sulfonamides is 1. The van der Waals surface area contributed by atoms with Gasteiger partial charge in [0.1, 0.15) is 16.5 Å². The standard InChI is InChI=1S/C14H19F2NO3S/c1-9-6-14(12(16)7-11(9)15)21(19,20)17-8-13(18)10-4-2-3-5-10/h6-7,10,13,17-18H,2-5,8H2,1H3. The molecule has 1 unspecified atom stereocenters. The van der Waals surface area contributed by atoms with E-state index in [0.717, 1.165) is 31.7 Å². The molecule has 0 aliphatic heterocycles. The molecule has 1 aliphatic rings. The predicted molar refractivity (Wildman–Crippen MR) is 74.2 cm³/mol. The molecule has 0 spiro atoms. The molecule has 0 heterocycles. The zero-order valence-electron chi connectivity index (χ0n) is 11.8. The van der Waals surface area contributed by atoms with Crippen LogP contribution in [-0.2, 0) is 10.0 Å². The predicted octanol–water partition coefficient (Wildman–Crippen LogP) is 2.10. The summed E-state index contributed by atoms with van der Waals surface area (Å²) in [5.41, 5.74) is 0.0492. The molecule has 4 nitrogen and oxygen atoms in total. The van der Waals surface area contributed by atoms with Crippen LogP contribution in [0.1, 0.15) is 31.2 Å². The quantitative estimate of drug-likeness (QED) is 0.873. The van der Waals surface area contributed by atoms with Crippen LogP contribution in [0, 0.1) is 24.5 Å². The van der Waals surface area contributed by atoms with E-state index in [1.165, 1.54) is 6.92 Å². The molecule has 118 valence electrons. The van der Waals surface area contributed by atoms with Gasteiger partial charge in [0.05, 0.1) is 6.10 Å². The van der Waals surface area contributed by atoms with Crippen LogP contribution in [0.2, 0.25) is 0 Å². The molecule has 0 radical (unpaired) electrons. The molecule has 0 saturated heterocycles. The number of rotatable bonds is 5. The zero-order valence-corrected chi connectivity index (χ0v) is 12.6. The van der Waals surface area contributed by atoms with E-state index in [-0.39, 0.29) is 18.0 Å². The molecule has 0 amide bonds. The summed E-state index contributed by atoms with van der Waals surface area (Å²) in [4.78, 5) is -0.597. The van der Waals surface area contributed by atoms with Crippen molar-refractivity contribution in [2.75, 3.05) is 6.54 Å².